The summed E-state index contributed by atoms with van der Waals surface area (Å²) in [5, 5.41) is 25.2. The number of carbonyl (C=O) groups excluding carboxylic acids is 2. The molecular formula is C18H29N4O10P. The molecule has 2 amide bonds. The minimum Gasteiger partial charge on any atom is -0.387 e. The molecule has 1 fully saturated rings. The van der Waals surface area contributed by atoms with Crippen LogP contribution in [0, 0.1) is 0 Å². The van der Waals surface area contributed by atoms with E-state index in [9.17, 15) is 34.0 Å². The monoisotopic (exact) mass is 492 g/mol. The number of carbonyl (C=O) groups is 2. The first-order chi connectivity index (χ1) is 15.6. The van der Waals surface area contributed by atoms with Crippen LogP contribution in [-0.2, 0) is 27.9 Å². The highest BCUT2D eigenvalue weighted by Gasteiger charge is 2.47. The molecule has 1 aliphatic heterocycles. The van der Waals surface area contributed by atoms with Crippen LogP contribution in [0.4, 0.5) is 0 Å². The number of aliphatic hydroxyl groups is 2. The summed E-state index contributed by atoms with van der Waals surface area (Å²) < 4.78 is 28.6. The van der Waals surface area contributed by atoms with Gasteiger partial charge in [-0.1, -0.05) is 0 Å². The van der Waals surface area contributed by atoms with E-state index >= 15 is 0 Å². The Bertz CT molecular complexity index is 969. The summed E-state index contributed by atoms with van der Waals surface area (Å²) in [6, 6.07) is 1.03. The van der Waals surface area contributed by atoms with Gasteiger partial charge in [-0.15, -0.1) is 0 Å². The predicted molar refractivity (Wildman–Crippen MR) is 113 cm³/mol. The maximum atomic E-state index is 12.3. The van der Waals surface area contributed by atoms with Crippen molar-refractivity contribution < 1.29 is 38.2 Å². The van der Waals surface area contributed by atoms with Crippen molar-refractivity contribution in [2.75, 3.05) is 26.0 Å². The number of nitrogens with one attached hydrogen (secondary N) is 3. The van der Waals surface area contributed by atoms with E-state index in [2.05, 4.69) is 10.6 Å². The fourth-order valence-electron chi connectivity index (χ4n) is 3.09. The molecule has 33 heavy (non-hydrogen) atoms. The molecule has 1 aromatic heterocycles. The predicted octanol–water partition coefficient (Wildman–Crippen LogP) is -1.61. The van der Waals surface area contributed by atoms with Gasteiger partial charge < -0.3 is 34.6 Å². The first kappa shape index (κ1) is 26.9. The Labute approximate surface area is 188 Å². The molecule has 0 unspecified atom stereocenters. The van der Waals surface area contributed by atoms with Crippen LogP contribution < -0.4 is 21.9 Å². The van der Waals surface area contributed by atoms with Crippen molar-refractivity contribution in [1.29, 1.82) is 0 Å². The van der Waals surface area contributed by atoms with Crippen LogP contribution in [0.5, 0.6) is 0 Å². The summed E-state index contributed by atoms with van der Waals surface area (Å²) in [5.74, 6) is -1.17. The second-order valence-corrected chi connectivity index (χ2v) is 9.10. The summed E-state index contributed by atoms with van der Waals surface area (Å²) in [7, 11) is -3.41. The molecule has 1 aliphatic rings. The second-order valence-electron chi connectivity index (χ2n) is 7.04. The molecule has 4 atom stereocenters. The highest BCUT2D eigenvalue weighted by Crippen LogP contribution is 2.46. The van der Waals surface area contributed by atoms with Crippen LogP contribution in [0.15, 0.2) is 21.9 Å². The summed E-state index contributed by atoms with van der Waals surface area (Å²) in [4.78, 5) is 49.3. The smallest absolute Gasteiger partial charge is 0.349 e. The molecule has 0 spiro atoms. The number of aromatic amines is 1. The lowest BCUT2D eigenvalue weighted by atomic mass is 10.1. The minimum absolute atomic E-state index is 0.00459. The molecule has 15 heteroatoms. The molecule has 186 valence electrons. The Kier molecular flexibility index (Phi) is 9.95. The van der Waals surface area contributed by atoms with Gasteiger partial charge in [-0.05, 0) is 20.3 Å². The molecule has 0 bridgehead atoms. The van der Waals surface area contributed by atoms with Crippen molar-refractivity contribution in [3.05, 3.63) is 33.1 Å². The number of amides is 2. The number of H-pyrrole nitrogens is 1. The standard InChI is InChI=1S/C18H29N4O10P/c1-3-30-33(29,31-4-2)10-20-11(23)6-5-8-19-16(27)15-13(25)14(26)17(32-15)22-9-7-12(24)21-18(22)28/h7,9,13-15,17,25-26H,3-6,8,10H2,1-2H3,(H,19,27)(H,20,23)(H,21,24,28)/t13-,14+,15+,17-/m1/s1. The zero-order chi connectivity index (χ0) is 24.6. The molecule has 1 saturated heterocycles. The molecule has 0 saturated carbocycles. The lowest BCUT2D eigenvalue weighted by Crippen LogP contribution is -2.43. The molecule has 0 aromatic carbocycles. The maximum Gasteiger partial charge on any atom is 0.349 e. The molecular weight excluding hydrogens is 463 g/mol. The zero-order valence-corrected chi connectivity index (χ0v) is 19.2. The number of aromatic nitrogens is 2. The third-order valence-corrected chi connectivity index (χ3v) is 6.47. The van der Waals surface area contributed by atoms with E-state index in [0.717, 1.165) is 16.8 Å². The summed E-state index contributed by atoms with van der Waals surface area (Å²) in [6.45, 7) is 3.69. The van der Waals surface area contributed by atoms with Crippen molar-refractivity contribution in [1.82, 2.24) is 20.2 Å². The third kappa shape index (κ3) is 7.32. The highest BCUT2D eigenvalue weighted by molar-refractivity contribution is 7.53. The molecule has 0 radical (unpaired) electrons. The number of ether oxygens (including phenoxy) is 1. The number of nitrogens with zero attached hydrogens (tertiary/aromatic N) is 1. The number of rotatable bonds is 12. The van der Waals surface area contributed by atoms with Crippen LogP contribution in [0.3, 0.4) is 0 Å². The topological polar surface area (TPSA) is 198 Å². The average molecular weight is 492 g/mol. The Morgan fingerprint density at radius 2 is 1.85 bits per heavy atom. The van der Waals surface area contributed by atoms with Gasteiger partial charge in [0.2, 0.25) is 5.91 Å². The van der Waals surface area contributed by atoms with Gasteiger partial charge in [0.25, 0.3) is 11.5 Å². The summed E-state index contributed by atoms with van der Waals surface area (Å²) >= 11 is 0. The molecule has 0 aliphatic carbocycles. The fourth-order valence-corrected chi connectivity index (χ4v) is 4.50. The van der Waals surface area contributed by atoms with Crippen molar-refractivity contribution >= 4 is 19.4 Å². The van der Waals surface area contributed by atoms with E-state index in [1.54, 1.807) is 13.8 Å². The van der Waals surface area contributed by atoms with Crippen LogP contribution >= 0.6 is 7.60 Å². The van der Waals surface area contributed by atoms with E-state index in [-0.39, 0.29) is 38.9 Å². The first-order valence-electron chi connectivity index (χ1n) is 10.4. The highest BCUT2D eigenvalue weighted by atomic mass is 31.2. The van der Waals surface area contributed by atoms with E-state index < -0.39 is 55.2 Å². The Morgan fingerprint density at radius 1 is 1.18 bits per heavy atom. The Morgan fingerprint density at radius 3 is 2.45 bits per heavy atom. The summed E-state index contributed by atoms with van der Waals surface area (Å²) in [6.07, 6.45) is -5.03. The van der Waals surface area contributed by atoms with Gasteiger partial charge in [-0.25, -0.2) is 4.79 Å². The van der Waals surface area contributed by atoms with Crippen LogP contribution in [0.25, 0.3) is 0 Å². The second kappa shape index (κ2) is 12.2. The zero-order valence-electron chi connectivity index (χ0n) is 18.3. The van der Waals surface area contributed by atoms with Gasteiger partial charge in [0.15, 0.2) is 12.3 Å². The minimum atomic E-state index is -3.41. The van der Waals surface area contributed by atoms with Gasteiger partial charge >= 0.3 is 13.3 Å². The molecule has 14 nitrogen and oxygen atoms in total. The van der Waals surface area contributed by atoms with Gasteiger partial charge in [-0.3, -0.25) is 28.5 Å². The van der Waals surface area contributed by atoms with Crippen molar-refractivity contribution in [2.24, 2.45) is 0 Å². The van der Waals surface area contributed by atoms with Crippen molar-refractivity contribution in [3.8, 4) is 0 Å². The normalized spacial score (nSPS) is 22.8. The van der Waals surface area contributed by atoms with Crippen molar-refractivity contribution in [2.45, 2.75) is 51.2 Å². The van der Waals surface area contributed by atoms with E-state index in [4.69, 9.17) is 13.8 Å². The fraction of sp³-hybridized carbons (Fsp3) is 0.667. The average Bonchev–Trinajstić information content (AvgIpc) is 3.05. The summed E-state index contributed by atoms with van der Waals surface area (Å²) in [5.41, 5.74) is -1.52. The lowest BCUT2D eigenvalue weighted by Gasteiger charge is -2.17. The van der Waals surface area contributed by atoms with E-state index in [1.165, 1.54) is 0 Å². The third-order valence-electron chi connectivity index (χ3n) is 4.62. The maximum absolute atomic E-state index is 12.3. The lowest BCUT2D eigenvalue weighted by molar-refractivity contribution is -0.138. The van der Waals surface area contributed by atoms with Crippen molar-refractivity contribution in [3.63, 3.8) is 0 Å². The van der Waals surface area contributed by atoms with Gasteiger partial charge in [-0.2, -0.15) is 0 Å². The van der Waals surface area contributed by atoms with Gasteiger partial charge in [0.05, 0.1) is 13.2 Å². The SMILES string of the molecule is CCOP(=O)(CNC(=O)CCCNC(=O)[C@H]1O[C@@H](n2ccc(=O)[nH]c2=O)[C@@H](O)[C@H]1O)OCC. The van der Waals surface area contributed by atoms with Gasteiger partial charge in [0, 0.05) is 25.2 Å². The van der Waals surface area contributed by atoms with E-state index in [0.29, 0.717) is 0 Å². The quantitative estimate of drug-likeness (QED) is 0.167. The Balaban J connectivity index is 1.80. The molecule has 2 rings (SSSR count). The number of aliphatic hydroxyl groups excluding tert-OH is 2. The molecule has 5 N–H and O–H groups in total. The van der Waals surface area contributed by atoms with Gasteiger partial charge in [0.1, 0.15) is 18.5 Å². The van der Waals surface area contributed by atoms with E-state index in [1.807, 2.05) is 4.98 Å². The first-order valence-corrected chi connectivity index (χ1v) is 12.1. The van der Waals surface area contributed by atoms with Crippen LogP contribution in [0.1, 0.15) is 32.9 Å². The molecule has 1 aromatic rings. The number of hydrogen-bond acceptors (Lipinski definition) is 10. The van der Waals surface area contributed by atoms with Crippen LogP contribution in [0.2, 0.25) is 0 Å². The number of hydrogen-bond donors (Lipinski definition) is 5. The molecule has 2 heterocycles. The Hall–Kier alpha value is -2.35. The van der Waals surface area contributed by atoms with Crippen LogP contribution in [-0.4, -0.2) is 75.9 Å². The largest absolute Gasteiger partial charge is 0.387 e.